The molecule has 1 aromatic heterocycles. The van der Waals surface area contributed by atoms with E-state index in [1.807, 2.05) is 48.5 Å². The Morgan fingerprint density at radius 1 is 1.09 bits per heavy atom. The van der Waals surface area contributed by atoms with Gasteiger partial charge < -0.3 is 4.74 Å². The molecule has 0 aliphatic heterocycles. The molecule has 5 nitrogen and oxygen atoms in total. The molecule has 176 valence electrons. The van der Waals surface area contributed by atoms with Gasteiger partial charge in [0.15, 0.2) is 0 Å². The summed E-state index contributed by atoms with van der Waals surface area (Å²) in [6.07, 6.45) is 4.48. The Morgan fingerprint density at radius 3 is 2.63 bits per heavy atom. The molecule has 1 aliphatic carbocycles. The lowest BCUT2D eigenvalue weighted by molar-refractivity contribution is -0.400. The number of fused-ring (bicyclic) bond motifs is 1. The molecule has 0 unspecified atom stereocenters. The average molecular weight is 469 g/mol. The van der Waals surface area contributed by atoms with Gasteiger partial charge in [-0.25, -0.2) is 9.37 Å². The van der Waals surface area contributed by atoms with E-state index < -0.39 is 4.92 Å². The number of nitro groups is 1. The topological polar surface area (TPSA) is 65.3 Å². The first-order valence-corrected chi connectivity index (χ1v) is 11.6. The van der Waals surface area contributed by atoms with Crippen LogP contribution in [0.15, 0.2) is 85.1 Å². The summed E-state index contributed by atoms with van der Waals surface area (Å²) in [5, 5.41) is 11.8. The normalized spacial score (nSPS) is 19.5. The van der Waals surface area contributed by atoms with Gasteiger partial charge in [0.05, 0.1) is 16.1 Å². The van der Waals surface area contributed by atoms with Crippen molar-refractivity contribution in [3.8, 4) is 5.75 Å². The van der Waals surface area contributed by atoms with Crippen LogP contribution in [0.5, 0.6) is 5.75 Å². The molecule has 0 saturated heterocycles. The van der Waals surface area contributed by atoms with Crippen molar-refractivity contribution in [2.24, 2.45) is 5.92 Å². The Hall–Kier alpha value is -4.06. The van der Waals surface area contributed by atoms with E-state index in [2.05, 4.69) is 24.0 Å². The molecule has 4 aromatic rings. The fourth-order valence-electron chi connectivity index (χ4n) is 5.20. The van der Waals surface area contributed by atoms with Crippen LogP contribution in [0.4, 0.5) is 4.39 Å². The van der Waals surface area contributed by atoms with Crippen molar-refractivity contribution in [2.45, 2.75) is 31.8 Å². The van der Waals surface area contributed by atoms with Crippen LogP contribution < -0.4 is 4.74 Å². The summed E-state index contributed by atoms with van der Waals surface area (Å²) in [6.45, 7) is 2.48. The molecule has 1 heterocycles. The fraction of sp³-hybridized carbons (Fsp3) is 0.207. The SMILES string of the molecule is CC1CC(c2ccccc2)(c2cc(OCc3ccc4cc(F)ccc4n3)ccc2C=C[N+](=O)[O-])C1. The quantitative estimate of drug-likeness (QED) is 0.218. The summed E-state index contributed by atoms with van der Waals surface area (Å²) in [7, 11) is 0. The second-order valence-corrected chi connectivity index (χ2v) is 9.24. The minimum Gasteiger partial charge on any atom is -0.487 e. The third kappa shape index (κ3) is 4.64. The zero-order valence-corrected chi connectivity index (χ0v) is 19.4. The van der Waals surface area contributed by atoms with Gasteiger partial charge in [-0.3, -0.25) is 10.1 Å². The van der Waals surface area contributed by atoms with Gasteiger partial charge in [-0.05, 0) is 71.8 Å². The van der Waals surface area contributed by atoms with E-state index in [9.17, 15) is 14.5 Å². The van der Waals surface area contributed by atoms with Crippen LogP contribution in [0.25, 0.3) is 17.0 Å². The molecule has 0 bridgehead atoms. The molecule has 35 heavy (non-hydrogen) atoms. The van der Waals surface area contributed by atoms with Gasteiger partial charge in [0.25, 0.3) is 0 Å². The van der Waals surface area contributed by atoms with Gasteiger partial charge in [0.2, 0.25) is 6.20 Å². The van der Waals surface area contributed by atoms with E-state index in [1.54, 1.807) is 12.1 Å². The predicted molar refractivity (Wildman–Crippen MR) is 134 cm³/mol. The van der Waals surface area contributed by atoms with E-state index in [-0.39, 0.29) is 17.8 Å². The molecule has 1 saturated carbocycles. The van der Waals surface area contributed by atoms with Crippen molar-refractivity contribution in [3.05, 3.63) is 123 Å². The first-order chi connectivity index (χ1) is 16.9. The van der Waals surface area contributed by atoms with E-state index >= 15 is 0 Å². The van der Waals surface area contributed by atoms with Gasteiger partial charge in [0.1, 0.15) is 18.2 Å². The Balaban J connectivity index is 1.48. The Kier molecular flexibility index (Phi) is 6.03. The number of hydrogen-bond donors (Lipinski definition) is 0. The summed E-state index contributed by atoms with van der Waals surface area (Å²) in [5.41, 5.74) is 4.27. The van der Waals surface area contributed by atoms with Crippen LogP contribution in [-0.2, 0) is 12.0 Å². The summed E-state index contributed by atoms with van der Waals surface area (Å²) >= 11 is 0. The van der Waals surface area contributed by atoms with Crippen LogP contribution in [0.3, 0.4) is 0 Å². The number of rotatable bonds is 7. The molecular formula is C29H25FN2O3. The highest BCUT2D eigenvalue weighted by Crippen LogP contribution is 2.53. The maximum absolute atomic E-state index is 13.5. The van der Waals surface area contributed by atoms with Crippen molar-refractivity contribution < 1.29 is 14.1 Å². The number of benzene rings is 3. The van der Waals surface area contributed by atoms with E-state index in [4.69, 9.17) is 4.74 Å². The molecule has 3 aromatic carbocycles. The molecule has 1 fully saturated rings. The summed E-state index contributed by atoms with van der Waals surface area (Å²) < 4.78 is 19.6. The standard InChI is InChI=1S/C29H25FN2O3/c1-20-17-29(18-20,23-5-3-2-4-6-23)27-16-26(11-8-21(27)13-14-32(33)34)35-19-25-10-7-22-15-24(30)9-12-28(22)31-25/h2-16,20H,17-19H2,1H3. The second kappa shape index (κ2) is 9.29. The third-order valence-electron chi connectivity index (χ3n) is 6.73. The van der Waals surface area contributed by atoms with Crippen LogP contribution in [0, 0.1) is 21.8 Å². The number of nitrogens with zero attached hydrogens (tertiary/aromatic N) is 2. The lowest BCUT2D eigenvalue weighted by Gasteiger charge is -2.48. The van der Waals surface area contributed by atoms with Crippen molar-refractivity contribution >= 4 is 17.0 Å². The third-order valence-corrected chi connectivity index (χ3v) is 6.73. The largest absolute Gasteiger partial charge is 0.487 e. The minimum atomic E-state index is -0.440. The number of aromatic nitrogens is 1. The summed E-state index contributed by atoms with van der Waals surface area (Å²) in [6, 6.07) is 24.2. The number of pyridine rings is 1. The second-order valence-electron chi connectivity index (χ2n) is 9.24. The molecule has 0 N–H and O–H groups in total. The zero-order chi connectivity index (χ0) is 24.4. The maximum Gasteiger partial charge on any atom is 0.235 e. The lowest BCUT2D eigenvalue weighted by Crippen LogP contribution is -2.41. The molecule has 0 radical (unpaired) electrons. The highest BCUT2D eigenvalue weighted by Gasteiger charge is 2.45. The zero-order valence-electron chi connectivity index (χ0n) is 19.4. The van der Waals surface area contributed by atoms with Crippen LogP contribution in [-0.4, -0.2) is 9.91 Å². The van der Waals surface area contributed by atoms with Gasteiger partial charge in [-0.1, -0.05) is 49.4 Å². The first kappa shape index (κ1) is 22.7. The Bertz CT molecular complexity index is 1410. The molecule has 0 atom stereocenters. The van der Waals surface area contributed by atoms with Gasteiger partial charge in [-0.2, -0.15) is 0 Å². The molecule has 1 aliphatic rings. The molecular weight excluding hydrogens is 443 g/mol. The molecule has 0 amide bonds. The number of halogens is 1. The van der Waals surface area contributed by atoms with Crippen molar-refractivity contribution in [2.75, 3.05) is 0 Å². The Labute approximate surface area is 203 Å². The average Bonchev–Trinajstić information content (AvgIpc) is 2.85. The highest BCUT2D eigenvalue weighted by molar-refractivity contribution is 5.78. The maximum atomic E-state index is 13.5. The van der Waals surface area contributed by atoms with Gasteiger partial charge in [-0.15, -0.1) is 0 Å². The minimum absolute atomic E-state index is 0.221. The smallest absolute Gasteiger partial charge is 0.235 e. The predicted octanol–water partition coefficient (Wildman–Crippen LogP) is 6.92. The molecule has 5 rings (SSSR count). The first-order valence-electron chi connectivity index (χ1n) is 11.6. The van der Waals surface area contributed by atoms with Crippen LogP contribution in [0.1, 0.15) is 42.1 Å². The van der Waals surface area contributed by atoms with Crippen molar-refractivity contribution in [1.29, 1.82) is 0 Å². The number of ether oxygens (including phenoxy) is 1. The van der Waals surface area contributed by atoms with E-state index in [1.165, 1.54) is 17.7 Å². The lowest BCUT2D eigenvalue weighted by atomic mass is 9.55. The van der Waals surface area contributed by atoms with E-state index in [0.29, 0.717) is 17.2 Å². The Morgan fingerprint density at radius 2 is 1.89 bits per heavy atom. The monoisotopic (exact) mass is 468 g/mol. The molecule has 6 heteroatoms. The molecule has 0 spiro atoms. The van der Waals surface area contributed by atoms with Crippen LogP contribution >= 0.6 is 0 Å². The number of hydrogen-bond acceptors (Lipinski definition) is 4. The fourth-order valence-corrected chi connectivity index (χ4v) is 5.20. The highest BCUT2D eigenvalue weighted by atomic mass is 19.1. The van der Waals surface area contributed by atoms with Gasteiger partial charge in [0, 0.05) is 16.9 Å². The van der Waals surface area contributed by atoms with E-state index in [0.717, 1.165) is 41.2 Å². The van der Waals surface area contributed by atoms with Crippen molar-refractivity contribution in [3.63, 3.8) is 0 Å². The van der Waals surface area contributed by atoms with Crippen LogP contribution in [0.2, 0.25) is 0 Å². The summed E-state index contributed by atoms with van der Waals surface area (Å²) in [4.78, 5) is 15.2. The van der Waals surface area contributed by atoms with Crippen molar-refractivity contribution in [1.82, 2.24) is 4.98 Å². The summed E-state index contributed by atoms with van der Waals surface area (Å²) in [5.74, 6) is 0.938. The van der Waals surface area contributed by atoms with Gasteiger partial charge >= 0.3 is 0 Å².